The standard InChI is InChI=1S/C18H16FNO3/c1-11-7-8-14(19)15(9-11)20-18(21)17-13(10-22-2)12-5-3-4-6-16(12)23-17/h3-9H,10H2,1-2H3,(H,20,21). The van der Waals surface area contributed by atoms with Crippen LogP contribution in [0.4, 0.5) is 10.1 Å². The van der Waals surface area contributed by atoms with Gasteiger partial charge in [-0.2, -0.15) is 0 Å². The van der Waals surface area contributed by atoms with E-state index in [0.717, 1.165) is 10.9 Å². The van der Waals surface area contributed by atoms with Crippen LogP contribution in [0.15, 0.2) is 46.9 Å². The van der Waals surface area contributed by atoms with Crippen LogP contribution in [0.5, 0.6) is 0 Å². The predicted octanol–water partition coefficient (Wildman–Crippen LogP) is 4.28. The molecule has 1 N–H and O–H groups in total. The van der Waals surface area contributed by atoms with Crippen molar-refractivity contribution in [3.05, 3.63) is 65.2 Å². The molecule has 0 fully saturated rings. The molecule has 0 saturated heterocycles. The molecular weight excluding hydrogens is 297 g/mol. The zero-order chi connectivity index (χ0) is 16.4. The molecule has 5 heteroatoms. The van der Waals surface area contributed by atoms with E-state index in [-0.39, 0.29) is 18.1 Å². The fraction of sp³-hybridized carbons (Fsp3) is 0.167. The lowest BCUT2D eigenvalue weighted by Crippen LogP contribution is -2.14. The number of para-hydroxylation sites is 1. The molecule has 0 unspecified atom stereocenters. The molecule has 3 aromatic rings. The summed E-state index contributed by atoms with van der Waals surface area (Å²) in [5.74, 6) is -0.861. The first-order valence-electron chi connectivity index (χ1n) is 7.17. The van der Waals surface area contributed by atoms with Crippen LogP contribution in [0, 0.1) is 12.7 Å². The minimum absolute atomic E-state index is 0.124. The molecule has 2 aromatic carbocycles. The van der Waals surface area contributed by atoms with Crippen LogP contribution in [-0.4, -0.2) is 13.0 Å². The molecule has 1 amide bonds. The zero-order valence-electron chi connectivity index (χ0n) is 12.9. The Labute approximate surface area is 132 Å². The van der Waals surface area contributed by atoms with Crippen molar-refractivity contribution in [2.24, 2.45) is 0 Å². The molecule has 1 aromatic heterocycles. The van der Waals surface area contributed by atoms with Gasteiger partial charge in [0.15, 0.2) is 5.76 Å². The summed E-state index contributed by atoms with van der Waals surface area (Å²) < 4.78 is 24.6. The number of carbonyl (C=O) groups excluding carboxylic acids is 1. The van der Waals surface area contributed by atoms with Crippen LogP contribution in [-0.2, 0) is 11.3 Å². The van der Waals surface area contributed by atoms with E-state index in [1.165, 1.54) is 6.07 Å². The molecule has 4 nitrogen and oxygen atoms in total. The molecule has 0 saturated carbocycles. The van der Waals surface area contributed by atoms with Crippen LogP contribution in [0.2, 0.25) is 0 Å². The number of fused-ring (bicyclic) bond motifs is 1. The molecule has 0 radical (unpaired) electrons. The Morgan fingerprint density at radius 3 is 2.83 bits per heavy atom. The minimum atomic E-state index is -0.502. The number of amides is 1. The number of methoxy groups -OCH3 is 1. The van der Waals surface area contributed by atoms with E-state index >= 15 is 0 Å². The van der Waals surface area contributed by atoms with Crippen molar-refractivity contribution in [1.29, 1.82) is 0 Å². The first-order valence-corrected chi connectivity index (χ1v) is 7.17. The second-order valence-corrected chi connectivity index (χ2v) is 5.28. The van der Waals surface area contributed by atoms with E-state index in [0.29, 0.717) is 11.1 Å². The third-order valence-electron chi connectivity index (χ3n) is 3.56. The Balaban J connectivity index is 2.00. The van der Waals surface area contributed by atoms with Crippen molar-refractivity contribution in [1.82, 2.24) is 0 Å². The molecule has 0 atom stereocenters. The summed E-state index contributed by atoms with van der Waals surface area (Å²) in [4.78, 5) is 12.5. The predicted molar refractivity (Wildman–Crippen MR) is 86.0 cm³/mol. The number of benzene rings is 2. The molecule has 0 aliphatic heterocycles. The number of furan rings is 1. The summed E-state index contributed by atoms with van der Waals surface area (Å²) in [7, 11) is 1.55. The summed E-state index contributed by atoms with van der Waals surface area (Å²) in [6, 6.07) is 11.9. The third kappa shape index (κ3) is 2.96. The van der Waals surface area contributed by atoms with Gasteiger partial charge in [0, 0.05) is 18.1 Å². The SMILES string of the molecule is COCc1c(C(=O)Nc2cc(C)ccc2F)oc2ccccc12. The van der Waals surface area contributed by atoms with Gasteiger partial charge in [-0.1, -0.05) is 24.3 Å². The van der Waals surface area contributed by atoms with Gasteiger partial charge in [-0.3, -0.25) is 4.79 Å². The summed E-state index contributed by atoms with van der Waals surface area (Å²) in [5, 5.41) is 3.37. The Morgan fingerprint density at radius 2 is 2.04 bits per heavy atom. The van der Waals surface area contributed by atoms with Crippen molar-refractivity contribution in [3.8, 4) is 0 Å². The highest BCUT2D eigenvalue weighted by molar-refractivity contribution is 6.06. The second kappa shape index (κ2) is 6.22. The Bertz CT molecular complexity index is 870. The van der Waals surface area contributed by atoms with Crippen molar-refractivity contribution >= 4 is 22.6 Å². The topological polar surface area (TPSA) is 51.5 Å². The molecule has 0 spiro atoms. The maximum atomic E-state index is 13.8. The van der Waals surface area contributed by atoms with E-state index in [1.54, 1.807) is 25.3 Å². The number of halogens is 1. The first kappa shape index (κ1) is 15.2. The van der Waals surface area contributed by atoms with Crippen LogP contribution in [0.25, 0.3) is 11.0 Å². The molecule has 3 rings (SSSR count). The highest BCUT2D eigenvalue weighted by Crippen LogP contribution is 2.27. The second-order valence-electron chi connectivity index (χ2n) is 5.28. The number of hydrogen-bond donors (Lipinski definition) is 1. The molecule has 0 aliphatic carbocycles. The monoisotopic (exact) mass is 313 g/mol. The molecule has 23 heavy (non-hydrogen) atoms. The zero-order valence-corrected chi connectivity index (χ0v) is 12.9. The number of ether oxygens (including phenoxy) is 1. The van der Waals surface area contributed by atoms with E-state index in [4.69, 9.17) is 9.15 Å². The van der Waals surface area contributed by atoms with Crippen molar-refractivity contribution < 1.29 is 18.3 Å². The lowest BCUT2D eigenvalue weighted by molar-refractivity contribution is 0.0991. The lowest BCUT2D eigenvalue weighted by Gasteiger charge is -2.07. The molecule has 0 bridgehead atoms. The smallest absolute Gasteiger partial charge is 0.291 e. The van der Waals surface area contributed by atoms with Gasteiger partial charge in [0.25, 0.3) is 5.91 Å². The average Bonchev–Trinajstić information content (AvgIpc) is 2.90. The molecule has 118 valence electrons. The van der Waals surface area contributed by atoms with Crippen LogP contribution >= 0.6 is 0 Å². The summed E-state index contributed by atoms with van der Waals surface area (Å²) in [6.07, 6.45) is 0. The minimum Gasteiger partial charge on any atom is -0.451 e. The van der Waals surface area contributed by atoms with E-state index in [1.807, 2.05) is 25.1 Å². The first-order chi connectivity index (χ1) is 11.1. The highest BCUT2D eigenvalue weighted by Gasteiger charge is 2.21. The Morgan fingerprint density at radius 1 is 1.26 bits per heavy atom. The van der Waals surface area contributed by atoms with E-state index < -0.39 is 11.7 Å². The maximum Gasteiger partial charge on any atom is 0.291 e. The average molecular weight is 313 g/mol. The molecular formula is C18H16FNO3. The van der Waals surface area contributed by atoms with Crippen LogP contribution in [0.3, 0.4) is 0 Å². The lowest BCUT2D eigenvalue weighted by atomic mass is 10.1. The van der Waals surface area contributed by atoms with Gasteiger partial charge >= 0.3 is 0 Å². The van der Waals surface area contributed by atoms with Gasteiger partial charge in [0.05, 0.1) is 12.3 Å². The number of carbonyl (C=O) groups is 1. The molecule has 1 heterocycles. The molecule has 0 aliphatic rings. The highest BCUT2D eigenvalue weighted by atomic mass is 19.1. The van der Waals surface area contributed by atoms with Gasteiger partial charge in [0.2, 0.25) is 0 Å². The Hall–Kier alpha value is -2.66. The maximum absolute atomic E-state index is 13.8. The van der Waals surface area contributed by atoms with Crippen molar-refractivity contribution in [3.63, 3.8) is 0 Å². The van der Waals surface area contributed by atoms with Crippen LogP contribution < -0.4 is 5.32 Å². The quantitative estimate of drug-likeness (QED) is 0.782. The number of hydrogen-bond acceptors (Lipinski definition) is 3. The van der Waals surface area contributed by atoms with Gasteiger partial charge in [0.1, 0.15) is 11.4 Å². The number of anilines is 1. The fourth-order valence-corrected chi connectivity index (χ4v) is 2.48. The number of nitrogens with one attached hydrogen (secondary N) is 1. The largest absolute Gasteiger partial charge is 0.451 e. The van der Waals surface area contributed by atoms with Crippen LogP contribution in [0.1, 0.15) is 21.7 Å². The van der Waals surface area contributed by atoms with E-state index in [2.05, 4.69) is 5.32 Å². The van der Waals surface area contributed by atoms with Gasteiger partial charge in [-0.15, -0.1) is 0 Å². The number of rotatable bonds is 4. The van der Waals surface area contributed by atoms with Gasteiger partial charge in [-0.05, 0) is 30.7 Å². The summed E-state index contributed by atoms with van der Waals surface area (Å²) >= 11 is 0. The van der Waals surface area contributed by atoms with Gasteiger partial charge in [-0.25, -0.2) is 4.39 Å². The normalized spacial score (nSPS) is 10.9. The Kier molecular flexibility index (Phi) is 4.12. The van der Waals surface area contributed by atoms with E-state index in [9.17, 15) is 9.18 Å². The fourth-order valence-electron chi connectivity index (χ4n) is 2.48. The number of aryl methyl sites for hydroxylation is 1. The third-order valence-corrected chi connectivity index (χ3v) is 3.56. The van der Waals surface area contributed by atoms with Crippen molar-refractivity contribution in [2.45, 2.75) is 13.5 Å². The summed E-state index contributed by atoms with van der Waals surface area (Å²) in [6.45, 7) is 2.06. The summed E-state index contributed by atoms with van der Waals surface area (Å²) in [5.41, 5.74) is 2.21. The van der Waals surface area contributed by atoms with Crippen molar-refractivity contribution in [2.75, 3.05) is 12.4 Å². The van der Waals surface area contributed by atoms with Gasteiger partial charge < -0.3 is 14.5 Å².